The van der Waals surface area contributed by atoms with Gasteiger partial charge in [-0.15, -0.1) is 0 Å². The molecule has 1 aromatic carbocycles. The second-order valence-electron chi connectivity index (χ2n) is 7.34. The van der Waals surface area contributed by atoms with Gasteiger partial charge < -0.3 is 15.7 Å². The van der Waals surface area contributed by atoms with Gasteiger partial charge in [0.2, 0.25) is 5.96 Å². The summed E-state index contributed by atoms with van der Waals surface area (Å²) in [5.74, 6) is -1.95. The predicted molar refractivity (Wildman–Crippen MR) is 105 cm³/mol. The van der Waals surface area contributed by atoms with Gasteiger partial charge in [0.1, 0.15) is 5.82 Å². The second-order valence-corrected chi connectivity index (χ2v) is 7.34. The highest BCUT2D eigenvalue weighted by Crippen LogP contribution is 2.28. The smallest absolute Gasteiger partial charge is 0.388 e. The molecule has 1 aliphatic heterocycles. The first-order chi connectivity index (χ1) is 14.2. The van der Waals surface area contributed by atoms with Crippen molar-refractivity contribution in [2.45, 2.75) is 43.9 Å². The molecule has 0 radical (unpaired) electrons. The molecule has 1 fully saturated rings. The molecule has 1 aromatic rings. The Balaban J connectivity index is 1.77. The summed E-state index contributed by atoms with van der Waals surface area (Å²) in [6, 6.07) is 5.11. The van der Waals surface area contributed by atoms with E-state index in [1.807, 2.05) is 0 Å². The molecule has 0 atom stereocenters. The number of carbonyl (C=O) groups is 1. The van der Waals surface area contributed by atoms with E-state index in [9.17, 15) is 27.5 Å². The molecule has 1 saturated carbocycles. The summed E-state index contributed by atoms with van der Waals surface area (Å²) < 4.78 is 54.2. The molecule has 1 heterocycles. The second kappa shape index (κ2) is 8.95. The number of aliphatic hydroxyl groups is 1. The molecule has 0 bridgehead atoms. The number of benzene rings is 1. The Morgan fingerprint density at radius 2 is 1.93 bits per heavy atom. The van der Waals surface area contributed by atoms with Gasteiger partial charge in [0.25, 0.3) is 5.91 Å². The number of amides is 1. The van der Waals surface area contributed by atoms with Crippen molar-refractivity contribution in [2.24, 2.45) is 9.98 Å². The van der Waals surface area contributed by atoms with Crippen molar-refractivity contribution in [1.82, 2.24) is 5.32 Å². The molecule has 3 N–H and O–H groups in total. The lowest BCUT2D eigenvalue weighted by Gasteiger charge is -2.32. The maximum Gasteiger partial charge on any atom is 0.434 e. The Kier molecular flexibility index (Phi) is 6.55. The zero-order valence-electron chi connectivity index (χ0n) is 16.1. The summed E-state index contributed by atoms with van der Waals surface area (Å²) in [5.41, 5.74) is -3.01. The van der Waals surface area contributed by atoms with Crippen molar-refractivity contribution < 1.29 is 27.5 Å². The lowest BCUT2D eigenvalue weighted by molar-refractivity contribution is -0.119. The Labute approximate surface area is 170 Å². The average Bonchev–Trinajstić information content (AvgIpc) is 2.89. The third kappa shape index (κ3) is 5.65. The molecule has 6 nitrogen and oxygen atoms in total. The summed E-state index contributed by atoms with van der Waals surface area (Å²) >= 11 is 0. The minimum atomic E-state index is -4.92. The minimum Gasteiger partial charge on any atom is -0.388 e. The summed E-state index contributed by atoms with van der Waals surface area (Å²) in [6.07, 6.45) is -0.341. The van der Waals surface area contributed by atoms with Crippen molar-refractivity contribution in [3.63, 3.8) is 0 Å². The minimum absolute atomic E-state index is 0.135. The molecule has 30 heavy (non-hydrogen) atoms. The van der Waals surface area contributed by atoms with Crippen molar-refractivity contribution in [3.05, 3.63) is 41.7 Å². The van der Waals surface area contributed by atoms with Gasteiger partial charge in [0.15, 0.2) is 5.71 Å². The predicted octanol–water partition coefficient (Wildman–Crippen LogP) is 3.35. The molecule has 0 spiro atoms. The number of hydrogen-bond acceptors (Lipinski definition) is 5. The number of aliphatic imine (C=N–C) groups is 2. The molecule has 10 heteroatoms. The van der Waals surface area contributed by atoms with Gasteiger partial charge in [-0.2, -0.15) is 13.2 Å². The third-order valence-corrected chi connectivity index (χ3v) is 4.97. The van der Waals surface area contributed by atoms with Crippen LogP contribution in [0.5, 0.6) is 0 Å². The zero-order valence-corrected chi connectivity index (χ0v) is 16.1. The van der Waals surface area contributed by atoms with Gasteiger partial charge in [0.05, 0.1) is 17.7 Å². The number of anilines is 1. The average molecular weight is 426 g/mol. The fourth-order valence-electron chi connectivity index (χ4n) is 3.43. The maximum atomic E-state index is 13.6. The number of guanidine groups is 1. The standard InChI is InChI=1S/C20H22F4N4O2/c21-13-5-4-6-14(11-13)27-18-25-10-7-15(16(28-18)20(22,23)24)17(29)26-12-19(30)8-2-1-3-9-19/h4-7,11,30H,1-3,8-10,12H2,(H,25,27)(H,26,29). The van der Waals surface area contributed by atoms with E-state index in [0.717, 1.165) is 31.4 Å². The van der Waals surface area contributed by atoms with Crippen molar-refractivity contribution >= 4 is 23.3 Å². The van der Waals surface area contributed by atoms with Crippen LogP contribution in [0.3, 0.4) is 0 Å². The number of nitrogens with one attached hydrogen (secondary N) is 2. The fraction of sp³-hybridized carbons (Fsp3) is 0.450. The van der Waals surface area contributed by atoms with Crippen LogP contribution in [0.15, 0.2) is 45.9 Å². The molecule has 0 unspecified atom stereocenters. The Morgan fingerprint density at radius 3 is 2.60 bits per heavy atom. The van der Waals surface area contributed by atoms with Crippen LogP contribution in [0.2, 0.25) is 0 Å². The SMILES string of the molecule is O=C(NCC1(O)CCCCC1)C1=CCN=C(Nc2cccc(F)c2)N=C1C(F)(F)F. The van der Waals surface area contributed by atoms with E-state index in [-0.39, 0.29) is 18.8 Å². The highest BCUT2D eigenvalue weighted by Gasteiger charge is 2.42. The van der Waals surface area contributed by atoms with Gasteiger partial charge >= 0.3 is 6.18 Å². The summed E-state index contributed by atoms with van der Waals surface area (Å²) in [5, 5.41) is 15.4. The number of halogens is 4. The highest BCUT2D eigenvalue weighted by molar-refractivity contribution is 6.26. The van der Waals surface area contributed by atoms with E-state index in [1.165, 1.54) is 18.2 Å². The lowest BCUT2D eigenvalue weighted by Crippen LogP contribution is -2.46. The highest BCUT2D eigenvalue weighted by atomic mass is 19.4. The summed E-state index contributed by atoms with van der Waals surface area (Å²) in [7, 11) is 0. The molecular weight excluding hydrogens is 404 g/mol. The Bertz CT molecular complexity index is 887. The first-order valence-electron chi connectivity index (χ1n) is 9.60. The summed E-state index contributed by atoms with van der Waals surface area (Å²) in [6.45, 7) is -0.364. The monoisotopic (exact) mass is 426 g/mol. The van der Waals surface area contributed by atoms with Crippen LogP contribution in [-0.4, -0.2) is 47.6 Å². The lowest BCUT2D eigenvalue weighted by atomic mass is 9.85. The topological polar surface area (TPSA) is 86.1 Å². The maximum absolute atomic E-state index is 13.6. The van der Waals surface area contributed by atoms with Crippen LogP contribution in [0.1, 0.15) is 32.1 Å². The van der Waals surface area contributed by atoms with Crippen LogP contribution in [0, 0.1) is 5.82 Å². The molecule has 162 valence electrons. The first kappa shape index (κ1) is 21.9. The molecule has 1 aliphatic carbocycles. The van der Waals surface area contributed by atoms with Crippen LogP contribution >= 0.6 is 0 Å². The third-order valence-electron chi connectivity index (χ3n) is 4.97. The van der Waals surface area contributed by atoms with Crippen LogP contribution in [0.4, 0.5) is 23.2 Å². The molecule has 0 saturated heterocycles. The first-order valence-corrected chi connectivity index (χ1v) is 9.60. The number of carbonyl (C=O) groups excluding carboxylic acids is 1. The normalized spacial score (nSPS) is 19.2. The van der Waals surface area contributed by atoms with E-state index in [0.29, 0.717) is 12.8 Å². The van der Waals surface area contributed by atoms with Crippen molar-refractivity contribution in [1.29, 1.82) is 0 Å². The van der Waals surface area contributed by atoms with Gasteiger partial charge in [-0.05, 0) is 37.1 Å². The Hall–Kier alpha value is -2.75. The molecule has 1 amide bonds. The van der Waals surface area contributed by atoms with Crippen molar-refractivity contribution in [3.8, 4) is 0 Å². The van der Waals surface area contributed by atoms with Crippen LogP contribution in [-0.2, 0) is 4.79 Å². The van der Waals surface area contributed by atoms with E-state index in [2.05, 4.69) is 20.6 Å². The number of rotatable bonds is 4. The molecular formula is C20H22F4N4O2. The van der Waals surface area contributed by atoms with E-state index in [4.69, 9.17) is 0 Å². The van der Waals surface area contributed by atoms with Gasteiger partial charge in [-0.25, -0.2) is 14.4 Å². The molecule has 2 aliphatic rings. The largest absolute Gasteiger partial charge is 0.434 e. The molecule has 0 aromatic heterocycles. The summed E-state index contributed by atoms with van der Waals surface area (Å²) in [4.78, 5) is 19.9. The van der Waals surface area contributed by atoms with Crippen LogP contribution < -0.4 is 10.6 Å². The van der Waals surface area contributed by atoms with Crippen molar-refractivity contribution in [2.75, 3.05) is 18.4 Å². The number of nitrogens with zero attached hydrogens (tertiary/aromatic N) is 2. The van der Waals surface area contributed by atoms with Gasteiger partial charge in [-0.1, -0.05) is 25.3 Å². The van der Waals surface area contributed by atoms with E-state index < -0.39 is 40.7 Å². The van der Waals surface area contributed by atoms with E-state index in [1.54, 1.807) is 0 Å². The quantitative estimate of drug-likeness (QED) is 0.646. The van der Waals surface area contributed by atoms with Gasteiger partial charge in [-0.3, -0.25) is 4.79 Å². The zero-order chi connectivity index (χ0) is 21.8. The van der Waals surface area contributed by atoms with Crippen LogP contribution in [0.25, 0.3) is 0 Å². The van der Waals surface area contributed by atoms with Gasteiger partial charge in [0, 0.05) is 12.2 Å². The molecule has 3 rings (SSSR count). The number of hydrogen-bond donors (Lipinski definition) is 3. The number of alkyl halides is 3. The fourth-order valence-corrected chi connectivity index (χ4v) is 3.43. The van der Waals surface area contributed by atoms with E-state index >= 15 is 0 Å². The Morgan fingerprint density at radius 1 is 1.20 bits per heavy atom.